The van der Waals surface area contributed by atoms with Crippen molar-refractivity contribution in [2.45, 2.75) is 19.8 Å². The first-order valence-corrected chi connectivity index (χ1v) is 8.13. The lowest BCUT2D eigenvalue weighted by Crippen LogP contribution is -2.31. The highest BCUT2D eigenvalue weighted by Gasteiger charge is 2.29. The third-order valence-corrected chi connectivity index (χ3v) is 4.38. The van der Waals surface area contributed by atoms with Crippen LogP contribution in [0.25, 0.3) is 11.0 Å². The molecule has 1 atom stereocenters. The molecule has 2 heterocycles. The summed E-state index contributed by atoms with van der Waals surface area (Å²) in [7, 11) is 2.16. The average molecular weight is 300 g/mol. The van der Waals surface area contributed by atoms with Crippen LogP contribution in [-0.4, -0.2) is 48.9 Å². The second-order valence-corrected chi connectivity index (χ2v) is 6.32. The molecule has 4 nitrogen and oxygen atoms in total. The normalized spacial score (nSPS) is 18.5. The quantitative estimate of drug-likeness (QED) is 0.850. The fraction of sp³-hybridized carbons (Fsp3) is 0.500. The second-order valence-electron chi connectivity index (χ2n) is 6.32. The molecule has 0 aliphatic carbocycles. The van der Waals surface area contributed by atoms with Crippen LogP contribution in [0.15, 0.2) is 34.7 Å². The molecule has 1 aliphatic rings. The molecule has 1 aliphatic heterocycles. The molecule has 1 unspecified atom stereocenters. The Morgan fingerprint density at radius 3 is 3.00 bits per heavy atom. The number of hydrogen-bond donors (Lipinski definition) is 0. The lowest BCUT2D eigenvalue weighted by atomic mass is 10.1. The number of fused-ring (bicyclic) bond motifs is 1. The maximum atomic E-state index is 12.6. The summed E-state index contributed by atoms with van der Waals surface area (Å²) in [6, 6.07) is 9.62. The van der Waals surface area contributed by atoms with Crippen LogP contribution < -0.4 is 0 Å². The van der Waals surface area contributed by atoms with Gasteiger partial charge in [-0.1, -0.05) is 25.1 Å². The van der Waals surface area contributed by atoms with Crippen LogP contribution in [0.2, 0.25) is 0 Å². The number of carbonyl (C=O) groups excluding carboxylic acids is 1. The van der Waals surface area contributed by atoms with Gasteiger partial charge in [0.1, 0.15) is 5.58 Å². The van der Waals surface area contributed by atoms with Gasteiger partial charge in [0.2, 0.25) is 0 Å². The Balaban J connectivity index is 1.63. The van der Waals surface area contributed by atoms with Crippen molar-refractivity contribution in [1.29, 1.82) is 0 Å². The molecule has 2 aromatic rings. The number of amides is 1. The van der Waals surface area contributed by atoms with Crippen molar-refractivity contribution in [1.82, 2.24) is 9.80 Å². The van der Waals surface area contributed by atoms with Crippen LogP contribution in [0.3, 0.4) is 0 Å². The minimum absolute atomic E-state index is 0.0249. The van der Waals surface area contributed by atoms with E-state index in [1.165, 1.54) is 6.42 Å². The number of furan rings is 1. The van der Waals surface area contributed by atoms with Gasteiger partial charge in [-0.05, 0) is 44.5 Å². The van der Waals surface area contributed by atoms with E-state index in [-0.39, 0.29) is 5.91 Å². The van der Waals surface area contributed by atoms with Gasteiger partial charge in [0, 0.05) is 25.0 Å². The van der Waals surface area contributed by atoms with Gasteiger partial charge >= 0.3 is 0 Å². The zero-order chi connectivity index (χ0) is 15.5. The number of likely N-dealkylation sites (tertiary alicyclic amines) is 1. The Morgan fingerprint density at radius 1 is 1.41 bits per heavy atom. The Morgan fingerprint density at radius 2 is 2.23 bits per heavy atom. The fourth-order valence-corrected chi connectivity index (χ4v) is 3.32. The van der Waals surface area contributed by atoms with Crippen LogP contribution in [0.1, 0.15) is 30.3 Å². The van der Waals surface area contributed by atoms with Crippen molar-refractivity contribution in [3.63, 3.8) is 0 Å². The van der Waals surface area contributed by atoms with Gasteiger partial charge in [0.05, 0.1) is 0 Å². The van der Waals surface area contributed by atoms with E-state index < -0.39 is 0 Å². The highest BCUT2D eigenvalue weighted by atomic mass is 16.3. The highest BCUT2D eigenvalue weighted by Crippen LogP contribution is 2.23. The summed E-state index contributed by atoms with van der Waals surface area (Å²) in [4.78, 5) is 16.9. The number of para-hydroxylation sites is 1. The molecule has 1 aromatic carbocycles. The molecule has 1 amide bonds. The summed E-state index contributed by atoms with van der Waals surface area (Å²) in [5, 5.41) is 0.990. The summed E-state index contributed by atoms with van der Waals surface area (Å²) in [6.45, 7) is 6.05. The van der Waals surface area contributed by atoms with Crippen molar-refractivity contribution in [2.75, 3.05) is 33.2 Å². The molecular formula is C18H24N2O2. The van der Waals surface area contributed by atoms with Gasteiger partial charge in [0.15, 0.2) is 5.76 Å². The zero-order valence-electron chi connectivity index (χ0n) is 13.4. The van der Waals surface area contributed by atoms with Crippen LogP contribution in [-0.2, 0) is 0 Å². The maximum Gasteiger partial charge on any atom is 0.289 e. The SMILES string of the molecule is CCCN(C)CC1CCN(C(=O)c2cc3ccccc3o2)C1. The molecule has 0 radical (unpaired) electrons. The van der Waals surface area contributed by atoms with E-state index in [4.69, 9.17) is 4.42 Å². The third kappa shape index (κ3) is 3.17. The first kappa shape index (κ1) is 15.1. The lowest BCUT2D eigenvalue weighted by Gasteiger charge is -2.20. The number of rotatable bonds is 5. The van der Waals surface area contributed by atoms with Crippen LogP contribution in [0, 0.1) is 5.92 Å². The molecule has 1 aromatic heterocycles. The summed E-state index contributed by atoms with van der Waals surface area (Å²) in [6.07, 6.45) is 2.25. The molecule has 0 bridgehead atoms. The smallest absolute Gasteiger partial charge is 0.289 e. The van der Waals surface area contributed by atoms with Crippen LogP contribution >= 0.6 is 0 Å². The Labute approximate surface area is 131 Å². The minimum atomic E-state index is 0.0249. The van der Waals surface area contributed by atoms with Crippen molar-refractivity contribution >= 4 is 16.9 Å². The fourth-order valence-electron chi connectivity index (χ4n) is 3.32. The van der Waals surface area contributed by atoms with Crippen LogP contribution in [0.4, 0.5) is 0 Å². The first-order valence-electron chi connectivity index (χ1n) is 8.13. The molecule has 3 rings (SSSR count). The van der Waals surface area contributed by atoms with E-state index in [0.717, 1.165) is 43.6 Å². The summed E-state index contributed by atoms with van der Waals surface area (Å²) in [5.74, 6) is 1.06. The molecule has 1 fully saturated rings. The van der Waals surface area contributed by atoms with Gasteiger partial charge in [-0.15, -0.1) is 0 Å². The number of carbonyl (C=O) groups is 1. The number of benzene rings is 1. The van der Waals surface area contributed by atoms with Gasteiger partial charge in [-0.2, -0.15) is 0 Å². The van der Waals surface area contributed by atoms with Gasteiger partial charge in [0.25, 0.3) is 5.91 Å². The Kier molecular flexibility index (Phi) is 4.48. The minimum Gasteiger partial charge on any atom is -0.451 e. The molecule has 0 saturated carbocycles. The predicted molar refractivity (Wildman–Crippen MR) is 88.0 cm³/mol. The van der Waals surface area contributed by atoms with E-state index >= 15 is 0 Å². The summed E-state index contributed by atoms with van der Waals surface area (Å²) in [5.41, 5.74) is 0.782. The monoisotopic (exact) mass is 300 g/mol. The van der Waals surface area contributed by atoms with E-state index in [1.54, 1.807) is 0 Å². The van der Waals surface area contributed by atoms with Crippen molar-refractivity contribution in [3.8, 4) is 0 Å². The third-order valence-electron chi connectivity index (χ3n) is 4.38. The molecule has 0 N–H and O–H groups in total. The zero-order valence-corrected chi connectivity index (χ0v) is 13.4. The van der Waals surface area contributed by atoms with E-state index in [0.29, 0.717) is 11.7 Å². The first-order chi connectivity index (χ1) is 10.7. The molecular weight excluding hydrogens is 276 g/mol. The molecule has 4 heteroatoms. The van der Waals surface area contributed by atoms with Crippen LogP contribution in [0.5, 0.6) is 0 Å². The topological polar surface area (TPSA) is 36.7 Å². The van der Waals surface area contributed by atoms with Gasteiger partial charge in [-0.3, -0.25) is 4.79 Å². The van der Waals surface area contributed by atoms with E-state index in [2.05, 4.69) is 18.9 Å². The van der Waals surface area contributed by atoms with Crippen molar-refractivity contribution in [3.05, 3.63) is 36.1 Å². The predicted octanol–water partition coefficient (Wildman–Crippen LogP) is 3.24. The maximum absolute atomic E-state index is 12.6. The van der Waals surface area contributed by atoms with Crippen molar-refractivity contribution in [2.24, 2.45) is 5.92 Å². The number of nitrogens with zero attached hydrogens (tertiary/aromatic N) is 2. The van der Waals surface area contributed by atoms with E-state index in [9.17, 15) is 4.79 Å². The summed E-state index contributed by atoms with van der Waals surface area (Å²) >= 11 is 0. The average Bonchev–Trinajstić information content (AvgIpc) is 3.13. The Hall–Kier alpha value is -1.81. The van der Waals surface area contributed by atoms with Gasteiger partial charge < -0.3 is 14.2 Å². The molecule has 118 valence electrons. The standard InChI is InChI=1S/C18H24N2O2/c1-3-9-19(2)12-14-8-10-20(13-14)18(21)17-11-15-6-4-5-7-16(15)22-17/h4-7,11,14H,3,8-10,12-13H2,1-2H3. The largest absolute Gasteiger partial charge is 0.451 e. The highest BCUT2D eigenvalue weighted by molar-refractivity contribution is 5.96. The Bertz CT molecular complexity index is 616. The molecule has 0 spiro atoms. The molecule has 1 saturated heterocycles. The van der Waals surface area contributed by atoms with Crippen molar-refractivity contribution < 1.29 is 9.21 Å². The lowest BCUT2D eigenvalue weighted by molar-refractivity contribution is 0.0755. The number of hydrogen-bond acceptors (Lipinski definition) is 3. The summed E-state index contributed by atoms with van der Waals surface area (Å²) < 4.78 is 5.70. The second kappa shape index (κ2) is 6.53. The molecule has 22 heavy (non-hydrogen) atoms. The van der Waals surface area contributed by atoms with Gasteiger partial charge in [-0.25, -0.2) is 0 Å². The van der Waals surface area contributed by atoms with E-state index in [1.807, 2.05) is 35.2 Å².